The van der Waals surface area contributed by atoms with Crippen LogP contribution in [0.5, 0.6) is 0 Å². The Labute approximate surface area is 98.1 Å². The van der Waals surface area contributed by atoms with Gasteiger partial charge >= 0.3 is 0 Å². The van der Waals surface area contributed by atoms with Gasteiger partial charge in [0, 0.05) is 12.4 Å². The van der Waals surface area contributed by atoms with Crippen LogP contribution in [0, 0.1) is 5.41 Å². The summed E-state index contributed by atoms with van der Waals surface area (Å²) in [7, 11) is 0. The largest absolute Gasteiger partial charge is 0.330 e. The Hall–Kier alpha value is -0.310. The second-order valence-corrected chi connectivity index (χ2v) is 3.90. The highest BCUT2D eigenvalue weighted by molar-refractivity contribution is 5.85. The molecule has 0 aliphatic heterocycles. The average molecular weight is 237 g/mol. The van der Waals surface area contributed by atoms with Crippen LogP contribution in [-0.2, 0) is 6.42 Å². The van der Waals surface area contributed by atoms with Crippen LogP contribution < -0.4 is 5.73 Å². The van der Waals surface area contributed by atoms with E-state index >= 15 is 0 Å². The zero-order valence-corrected chi connectivity index (χ0v) is 10.2. The van der Waals surface area contributed by atoms with Crippen molar-refractivity contribution in [1.29, 1.82) is 0 Å². The van der Waals surface area contributed by atoms with Crippen LogP contribution in [0.4, 0.5) is 0 Å². The summed E-state index contributed by atoms with van der Waals surface area (Å²) < 4.78 is 0. The Morgan fingerprint density at radius 1 is 1.21 bits per heavy atom. The van der Waals surface area contributed by atoms with E-state index in [1.165, 1.54) is 5.56 Å². The zero-order chi connectivity index (χ0) is 9.03. The van der Waals surface area contributed by atoms with Crippen LogP contribution in [0.2, 0.25) is 0 Å². The van der Waals surface area contributed by atoms with Crippen molar-refractivity contribution in [3.63, 3.8) is 0 Å². The Morgan fingerprint density at radius 3 is 2.14 bits per heavy atom. The molecule has 0 aliphatic carbocycles. The summed E-state index contributed by atoms with van der Waals surface area (Å²) in [6.07, 6.45) is 4.66. The molecule has 0 atom stereocenters. The molecule has 0 spiro atoms. The predicted molar refractivity (Wildman–Crippen MR) is 65.3 cm³/mol. The summed E-state index contributed by atoms with van der Waals surface area (Å²) >= 11 is 0. The van der Waals surface area contributed by atoms with E-state index in [4.69, 9.17) is 5.73 Å². The third-order valence-electron chi connectivity index (χ3n) is 1.98. The van der Waals surface area contributed by atoms with Crippen LogP contribution in [-0.4, -0.2) is 11.5 Å². The van der Waals surface area contributed by atoms with Gasteiger partial charge in [-0.1, -0.05) is 13.8 Å². The van der Waals surface area contributed by atoms with Gasteiger partial charge in [-0.3, -0.25) is 4.98 Å². The van der Waals surface area contributed by atoms with Gasteiger partial charge in [0.05, 0.1) is 0 Å². The molecule has 0 bridgehead atoms. The van der Waals surface area contributed by atoms with E-state index in [0.717, 1.165) is 13.0 Å². The predicted octanol–water partition coefficient (Wildman–Crippen LogP) is 2.45. The standard InChI is InChI=1S/C10H16N2.2ClH/c1-10(2,8-11)7-9-3-5-12-6-4-9;;/h3-6H,7-8,11H2,1-2H3;2*1H. The molecule has 1 aromatic rings. The first-order valence-electron chi connectivity index (χ1n) is 4.23. The van der Waals surface area contributed by atoms with Crippen molar-refractivity contribution < 1.29 is 0 Å². The normalized spacial score (nSPS) is 9.93. The minimum atomic E-state index is 0. The molecule has 0 fully saturated rings. The lowest BCUT2D eigenvalue weighted by Crippen LogP contribution is -2.25. The van der Waals surface area contributed by atoms with Gasteiger partial charge < -0.3 is 5.73 Å². The Bertz CT molecular complexity index is 237. The second-order valence-electron chi connectivity index (χ2n) is 3.90. The Balaban J connectivity index is 0. The first kappa shape index (κ1) is 16.1. The maximum absolute atomic E-state index is 5.64. The second kappa shape index (κ2) is 7.04. The van der Waals surface area contributed by atoms with Gasteiger partial charge in [-0.25, -0.2) is 0 Å². The molecule has 2 N–H and O–H groups in total. The Morgan fingerprint density at radius 2 is 1.71 bits per heavy atom. The molecule has 1 rings (SSSR count). The van der Waals surface area contributed by atoms with Crippen molar-refractivity contribution in [2.24, 2.45) is 11.1 Å². The summed E-state index contributed by atoms with van der Waals surface area (Å²) in [6.45, 7) is 5.07. The van der Waals surface area contributed by atoms with Crippen LogP contribution in [0.1, 0.15) is 19.4 Å². The minimum Gasteiger partial charge on any atom is -0.330 e. The van der Waals surface area contributed by atoms with Crippen LogP contribution in [0.15, 0.2) is 24.5 Å². The van der Waals surface area contributed by atoms with Crippen molar-refractivity contribution >= 4 is 24.8 Å². The van der Waals surface area contributed by atoms with Crippen molar-refractivity contribution in [3.05, 3.63) is 30.1 Å². The number of halogens is 2. The third kappa shape index (κ3) is 5.43. The highest BCUT2D eigenvalue weighted by atomic mass is 35.5. The molecular weight excluding hydrogens is 219 g/mol. The summed E-state index contributed by atoms with van der Waals surface area (Å²) in [4.78, 5) is 3.97. The molecule has 1 heterocycles. The number of rotatable bonds is 3. The molecule has 82 valence electrons. The van der Waals surface area contributed by atoms with Crippen molar-refractivity contribution in [3.8, 4) is 0 Å². The minimum absolute atomic E-state index is 0. The fraction of sp³-hybridized carbons (Fsp3) is 0.500. The number of hydrogen-bond donors (Lipinski definition) is 1. The van der Waals surface area contributed by atoms with Crippen LogP contribution in [0.3, 0.4) is 0 Å². The summed E-state index contributed by atoms with van der Waals surface area (Å²) in [6, 6.07) is 4.08. The number of nitrogens with two attached hydrogens (primary N) is 1. The zero-order valence-electron chi connectivity index (χ0n) is 8.56. The van der Waals surface area contributed by atoms with E-state index in [0.29, 0.717) is 0 Å². The van der Waals surface area contributed by atoms with Crippen LogP contribution in [0.25, 0.3) is 0 Å². The molecule has 0 unspecified atom stereocenters. The lowest BCUT2D eigenvalue weighted by Gasteiger charge is -2.21. The van der Waals surface area contributed by atoms with Crippen molar-refractivity contribution in [2.75, 3.05) is 6.54 Å². The number of aromatic nitrogens is 1. The maximum atomic E-state index is 5.64. The maximum Gasteiger partial charge on any atom is 0.0270 e. The summed E-state index contributed by atoms with van der Waals surface area (Å²) in [5, 5.41) is 0. The van der Waals surface area contributed by atoms with Crippen molar-refractivity contribution in [2.45, 2.75) is 20.3 Å². The van der Waals surface area contributed by atoms with E-state index in [-0.39, 0.29) is 30.2 Å². The van der Waals surface area contributed by atoms with E-state index in [9.17, 15) is 0 Å². The molecule has 4 heteroatoms. The highest BCUT2D eigenvalue weighted by Gasteiger charge is 2.15. The van der Waals surface area contributed by atoms with Crippen LogP contribution >= 0.6 is 24.8 Å². The molecule has 14 heavy (non-hydrogen) atoms. The van der Waals surface area contributed by atoms with E-state index in [1.807, 2.05) is 24.5 Å². The first-order valence-corrected chi connectivity index (χ1v) is 4.23. The van der Waals surface area contributed by atoms with Gasteiger partial charge in [-0.15, -0.1) is 24.8 Å². The molecule has 1 aromatic heterocycles. The van der Waals surface area contributed by atoms with Gasteiger partial charge in [-0.2, -0.15) is 0 Å². The van der Waals surface area contributed by atoms with Gasteiger partial charge in [0.2, 0.25) is 0 Å². The fourth-order valence-corrected chi connectivity index (χ4v) is 1.13. The molecule has 0 saturated carbocycles. The average Bonchev–Trinajstić information content (AvgIpc) is 2.06. The molecule has 0 aliphatic rings. The molecule has 0 aromatic carbocycles. The highest BCUT2D eigenvalue weighted by Crippen LogP contribution is 2.19. The molecule has 0 amide bonds. The van der Waals surface area contributed by atoms with Gasteiger partial charge in [0.15, 0.2) is 0 Å². The van der Waals surface area contributed by atoms with E-state index in [1.54, 1.807) is 0 Å². The molecule has 0 saturated heterocycles. The smallest absolute Gasteiger partial charge is 0.0270 e. The summed E-state index contributed by atoms with van der Waals surface area (Å²) in [5.74, 6) is 0. The van der Waals surface area contributed by atoms with Gasteiger partial charge in [-0.05, 0) is 36.1 Å². The number of pyridine rings is 1. The SMILES string of the molecule is CC(C)(CN)Cc1ccncc1.Cl.Cl. The van der Waals surface area contributed by atoms with Gasteiger partial charge in [0.25, 0.3) is 0 Å². The lowest BCUT2D eigenvalue weighted by atomic mass is 9.86. The topological polar surface area (TPSA) is 38.9 Å². The molecular formula is C10H18Cl2N2. The monoisotopic (exact) mass is 236 g/mol. The third-order valence-corrected chi connectivity index (χ3v) is 1.98. The quantitative estimate of drug-likeness (QED) is 0.876. The van der Waals surface area contributed by atoms with Crippen molar-refractivity contribution in [1.82, 2.24) is 4.98 Å². The van der Waals surface area contributed by atoms with E-state index < -0.39 is 0 Å². The molecule has 2 nitrogen and oxygen atoms in total. The first-order chi connectivity index (χ1) is 5.64. The summed E-state index contributed by atoms with van der Waals surface area (Å²) in [5.41, 5.74) is 7.14. The van der Waals surface area contributed by atoms with Gasteiger partial charge in [0.1, 0.15) is 0 Å². The number of nitrogens with zero attached hydrogens (tertiary/aromatic N) is 1. The number of hydrogen-bond acceptors (Lipinski definition) is 2. The Kier molecular flexibility index (Phi) is 8.12. The molecule has 0 radical (unpaired) electrons. The lowest BCUT2D eigenvalue weighted by molar-refractivity contribution is 0.376. The van der Waals surface area contributed by atoms with E-state index in [2.05, 4.69) is 18.8 Å². The fourth-order valence-electron chi connectivity index (χ4n) is 1.13.